The van der Waals surface area contributed by atoms with E-state index < -0.39 is 0 Å². The second-order valence-electron chi connectivity index (χ2n) is 16.7. The second-order valence-corrected chi connectivity index (χ2v) is 16.7. The van der Waals surface area contributed by atoms with E-state index in [0.717, 1.165) is 38.8 Å². The molecule has 0 atom stereocenters. The second kappa shape index (κ2) is 12.2. The Morgan fingerprint density at radius 3 is 1.78 bits per heavy atom. The molecule has 60 heavy (non-hydrogen) atoms. The zero-order valence-electron chi connectivity index (χ0n) is 33.1. The number of hydrogen-bond donors (Lipinski definition) is 0. The highest BCUT2D eigenvalue weighted by atomic mass is 15.1. The maximum Gasteiger partial charge on any atom is 0.166 e. The number of hydrogen-bond acceptors (Lipinski definition) is 3. The predicted molar refractivity (Wildman–Crippen MR) is 247 cm³/mol. The normalized spacial score (nSPS) is 13.3. The molecule has 4 heteroatoms. The van der Waals surface area contributed by atoms with Crippen LogP contribution in [0.1, 0.15) is 25.0 Å². The molecule has 0 unspecified atom stereocenters. The molecule has 0 saturated carbocycles. The summed E-state index contributed by atoms with van der Waals surface area (Å²) < 4.78 is 2.49. The predicted octanol–water partition coefficient (Wildman–Crippen LogP) is 14.2. The van der Waals surface area contributed by atoms with E-state index in [2.05, 4.69) is 194 Å². The number of benzene rings is 9. The summed E-state index contributed by atoms with van der Waals surface area (Å²) in [6.07, 6.45) is 0. The lowest BCUT2D eigenvalue weighted by Gasteiger charge is -2.23. The van der Waals surface area contributed by atoms with Crippen LogP contribution in [0.5, 0.6) is 0 Å². The van der Waals surface area contributed by atoms with Crippen molar-refractivity contribution in [1.29, 1.82) is 0 Å². The first-order valence-corrected chi connectivity index (χ1v) is 20.7. The Hall–Kier alpha value is -7.69. The van der Waals surface area contributed by atoms with Gasteiger partial charge in [-0.3, -0.25) is 0 Å². The Balaban J connectivity index is 1.19. The summed E-state index contributed by atoms with van der Waals surface area (Å²) in [6.45, 7) is 4.68. The third-order valence-electron chi connectivity index (χ3n) is 13.2. The lowest BCUT2D eigenvalue weighted by molar-refractivity contribution is 0.660. The lowest BCUT2D eigenvalue weighted by atomic mass is 9.82. The van der Waals surface area contributed by atoms with Gasteiger partial charge in [0.1, 0.15) is 0 Å². The molecule has 0 N–H and O–H groups in total. The maximum atomic E-state index is 5.52. The maximum absolute atomic E-state index is 5.52. The molecule has 2 aliphatic carbocycles. The fourth-order valence-electron chi connectivity index (χ4n) is 10.4. The quantitative estimate of drug-likeness (QED) is 0.179. The van der Waals surface area contributed by atoms with Crippen LogP contribution in [0.3, 0.4) is 0 Å². The lowest BCUT2D eigenvalue weighted by Crippen LogP contribution is -2.15. The monoisotopic (exact) mass is 764 g/mol. The van der Waals surface area contributed by atoms with Crippen molar-refractivity contribution in [3.8, 4) is 73.2 Å². The van der Waals surface area contributed by atoms with Gasteiger partial charge in [0.05, 0.1) is 22.3 Å². The summed E-state index contributed by atoms with van der Waals surface area (Å²) in [5, 5.41) is 7.38. The Labute approximate surface area is 347 Å². The van der Waals surface area contributed by atoms with Crippen LogP contribution < -0.4 is 0 Å². The molecule has 0 radical (unpaired) electrons. The highest BCUT2D eigenvalue weighted by Gasteiger charge is 2.39. The minimum Gasteiger partial charge on any atom is -0.308 e. The van der Waals surface area contributed by atoms with E-state index in [4.69, 9.17) is 15.0 Å². The van der Waals surface area contributed by atoms with Crippen LogP contribution in [0.15, 0.2) is 182 Å². The third-order valence-corrected chi connectivity index (χ3v) is 13.2. The Morgan fingerprint density at radius 2 is 0.967 bits per heavy atom. The molecule has 280 valence electrons. The van der Waals surface area contributed by atoms with E-state index in [1.807, 2.05) is 6.07 Å². The standard InChI is InChI=1S/C56H36N4/c1-56(2)43-24-11-10-21-42(43)49-44(56)29-31-47(52(49)55-58-53(35-15-4-3-5-16-35)57-54(59-55)37-27-26-33-14-6-7-17-36(33)32-37)60-45-25-13-23-41-39-20-9-8-19-38(39)40-22-12-18-34-28-30-46(60)51(48(34)40)50(41)45/h3-32H,1-2H3. The van der Waals surface area contributed by atoms with Crippen LogP contribution >= 0.6 is 0 Å². The zero-order chi connectivity index (χ0) is 39.7. The van der Waals surface area contributed by atoms with Gasteiger partial charge in [-0.25, -0.2) is 15.0 Å². The summed E-state index contributed by atoms with van der Waals surface area (Å²) >= 11 is 0. The minimum atomic E-state index is -0.237. The molecule has 0 spiro atoms. The van der Waals surface area contributed by atoms with Gasteiger partial charge in [0, 0.05) is 27.3 Å². The van der Waals surface area contributed by atoms with Gasteiger partial charge in [0.2, 0.25) is 0 Å². The van der Waals surface area contributed by atoms with Crippen LogP contribution in [-0.2, 0) is 5.41 Å². The van der Waals surface area contributed by atoms with Crippen LogP contribution in [0.4, 0.5) is 0 Å². The fourth-order valence-corrected chi connectivity index (χ4v) is 10.4. The summed E-state index contributed by atoms with van der Waals surface area (Å²) in [5.41, 5.74) is 16.0. The number of nitrogens with zero attached hydrogens (tertiary/aromatic N) is 4. The van der Waals surface area contributed by atoms with Crippen molar-refractivity contribution in [2.24, 2.45) is 0 Å². The molecule has 2 aliphatic rings. The van der Waals surface area contributed by atoms with E-state index in [1.54, 1.807) is 0 Å². The molecule has 0 fully saturated rings. The fraction of sp³-hybridized carbons (Fsp3) is 0.0536. The van der Waals surface area contributed by atoms with Gasteiger partial charge < -0.3 is 4.57 Å². The van der Waals surface area contributed by atoms with E-state index in [1.165, 1.54) is 71.4 Å². The summed E-state index contributed by atoms with van der Waals surface area (Å²) in [4.78, 5) is 16.2. The first-order valence-electron chi connectivity index (χ1n) is 20.7. The molecule has 0 saturated heterocycles. The van der Waals surface area contributed by atoms with Gasteiger partial charge in [0.25, 0.3) is 0 Å². The van der Waals surface area contributed by atoms with Gasteiger partial charge in [-0.1, -0.05) is 172 Å². The van der Waals surface area contributed by atoms with Gasteiger partial charge in [-0.2, -0.15) is 0 Å². The Morgan fingerprint density at radius 1 is 0.367 bits per heavy atom. The summed E-state index contributed by atoms with van der Waals surface area (Å²) in [7, 11) is 0. The van der Waals surface area contributed by atoms with Crippen LogP contribution in [0.2, 0.25) is 0 Å². The topological polar surface area (TPSA) is 43.6 Å². The average molecular weight is 765 g/mol. The van der Waals surface area contributed by atoms with Crippen molar-refractivity contribution >= 4 is 43.4 Å². The largest absolute Gasteiger partial charge is 0.308 e. The highest BCUT2D eigenvalue weighted by molar-refractivity contribution is 6.30. The molecule has 13 rings (SSSR count). The van der Waals surface area contributed by atoms with E-state index >= 15 is 0 Å². The molecular weight excluding hydrogens is 729 g/mol. The summed E-state index contributed by atoms with van der Waals surface area (Å²) in [6, 6.07) is 65.9. The Kier molecular flexibility index (Phi) is 6.75. The third kappa shape index (κ3) is 4.53. The highest BCUT2D eigenvalue weighted by Crippen LogP contribution is 2.55. The van der Waals surface area contributed by atoms with Gasteiger partial charge in [-0.15, -0.1) is 0 Å². The van der Waals surface area contributed by atoms with Gasteiger partial charge >= 0.3 is 0 Å². The van der Waals surface area contributed by atoms with Gasteiger partial charge in [-0.05, 0) is 90.3 Å². The summed E-state index contributed by atoms with van der Waals surface area (Å²) in [5.74, 6) is 1.94. The van der Waals surface area contributed by atoms with Crippen LogP contribution in [-0.4, -0.2) is 19.5 Å². The molecule has 0 aliphatic heterocycles. The van der Waals surface area contributed by atoms with Crippen LogP contribution in [0, 0.1) is 0 Å². The minimum absolute atomic E-state index is 0.237. The van der Waals surface area contributed by atoms with E-state index in [-0.39, 0.29) is 5.41 Å². The number of aromatic nitrogens is 4. The van der Waals surface area contributed by atoms with Crippen molar-refractivity contribution < 1.29 is 0 Å². The van der Waals surface area contributed by atoms with Crippen molar-refractivity contribution in [3.63, 3.8) is 0 Å². The van der Waals surface area contributed by atoms with Crippen LogP contribution in [0.25, 0.3) is 117 Å². The zero-order valence-corrected chi connectivity index (χ0v) is 33.1. The smallest absolute Gasteiger partial charge is 0.166 e. The van der Waals surface area contributed by atoms with Crippen molar-refractivity contribution in [2.45, 2.75) is 19.3 Å². The SMILES string of the molecule is CC1(C)c2ccccc2-c2c1ccc(-n1c3cccc4c3c3c5c(cccc5ccc31)-c1ccccc1-4)c2-c1nc(-c2ccccc2)nc(-c2ccc3ccccc3c2)n1. The van der Waals surface area contributed by atoms with Crippen molar-refractivity contribution in [3.05, 3.63) is 193 Å². The van der Waals surface area contributed by atoms with E-state index in [0.29, 0.717) is 17.5 Å². The molecule has 0 bridgehead atoms. The molecule has 4 nitrogen and oxygen atoms in total. The molecule has 11 aromatic rings. The first-order chi connectivity index (χ1) is 29.5. The number of rotatable bonds is 4. The van der Waals surface area contributed by atoms with Gasteiger partial charge in [0.15, 0.2) is 17.5 Å². The molecular formula is C56H36N4. The average Bonchev–Trinajstić information content (AvgIpc) is 3.72. The number of fused-ring (bicyclic) bond motifs is 7. The molecule has 0 amide bonds. The van der Waals surface area contributed by atoms with Crippen molar-refractivity contribution in [2.75, 3.05) is 0 Å². The molecule has 9 aromatic carbocycles. The molecule has 2 heterocycles. The van der Waals surface area contributed by atoms with E-state index in [9.17, 15) is 0 Å². The first kappa shape index (κ1) is 33.3. The molecule has 2 aromatic heterocycles. The Bertz CT molecular complexity index is 3630. The van der Waals surface area contributed by atoms with Crippen molar-refractivity contribution in [1.82, 2.24) is 19.5 Å².